The van der Waals surface area contributed by atoms with Gasteiger partial charge < -0.3 is 20.1 Å². The molecular weight excluding hydrogens is 777 g/mol. The summed E-state index contributed by atoms with van der Waals surface area (Å²) in [6.07, 6.45) is 0. The lowest BCUT2D eigenvalue weighted by Gasteiger charge is -2.34. The molecule has 0 fully saturated rings. The molecule has 0 heterocycles. The summed E-state index contributed by atoms with van der Waals surface area (Å²) in [5.41, 5.74) is 11.8. The van der Waals surface area contributed by atoms with Gasteiger partial charge in [-0.15, -0.1) is 0 Å². The summed E-state index contributed by atoms with van der Waals surface area (Å²) in [4.78, 5) is 26.7. The van der Waals surface area contributed by atoms with Crippen molar-refractivity contribution < 1.29 is 19.1 Å². The lowest BCUT2D eigenvalue weighted by atomic mass is 9.67. The normalized spacial score (nSPS) is 13.5. The van der Waals surface area contributed by atoms with E-state index in [0.717, 1.165) is 33.8 Å². The smallest absolute Gasteiger partial charge is 0.262 e. The second-order valence-electron chi connectivity index (χ2n) is 21.1. The Kier molecular flexibility index (Phi) is 12.0. The number of amides is 2. The van der Waals surface area contributed by atoms with Crippen LogP contribution in [0.25, 0.3) is 11.1 Å². The van der Waals surface area contributed by atoms with Crippen LogP contribution < -0.4 is 20.1 Å². The number of fused-ring (bicyclic) bond motifs is 3. The van der Waals surface area contributed by atoms with Crippen LogP contribution in [0.1, 0.15) is 128 Å². The van der Waals surface area contributed by atoms with Crippen LogP contribution in [0.2, 0.25) is 0 Å². The fraction of sp³-hybridized carbons (Fsp3) is 0.333. The Morgan fingerprint density at radius 2 is 0.794 bits per heavy atom. The highest BCUT2D eigenvalue weighted by atomic mass is 16.5. The van der Waals surface area contributed by atoms with E-state index in [-0.39, 0.29) is 46.7 Å². The molecular formula is C57H64N2O4. The van der Waals surface area contributed by atoms with Gasteiger partial charge in [-0.05, 0) is 114 Å². The molecule has 0 aliphatic heterocycles. The van der Waals surface area contributed by atoms with E-state index in [1.165, 1.54) is 33.4 Å². The number of carbonyl (C=O) groups excluding carboxylic acids is 2. The Hall–Kier alpha value is -6.14. The number of ether oxygens (including phenoxy) is 2. The van der Waals surface area contributed by atoms with Crippen LogP contribution in [0.4, 0.5) is 11.4 Å². The molecule has 0 saturated heterocycles. The summed E-state index contributed by atoms with van der Waals surface area (Å²) in [7, 11) is 0. The van der Waals surface area contributed by atoms with Crippen LogP contribution >= 0.6 is 0 Å². The highest BCUT2D eigenvalue weighted by Gasteiger charge is 2.46. The molecule has 6 aromatic rings. The quantitative estimate of drug-likeness (QED) is 0.144. The van der Waals surface area contributed by atoms with Crippen molar-refractivity contribution in [3.05, 3.63) is 178 Å². The molecule has 326 valence electrons. The van der Waals surface area contributed by atoms with Crippen molar-refractivity contribution in [3.63, 3.8) is 0 Å². The zero-order valence-electron chi connectivity index (χ0n) is 39.2. The van der Waals surface area contributed by atoms with Gasteiger partial charge in [0.25, 0.3) is 11.8 Å². The summed E-state index contributed by atoms with van der Waals surface area (Å²) in [6, 6.07) is 46.0. The van der Waals surface area contributed by atoms with E-state index in [2.05, 4.69) is 191 Å². The van der Waals surface area contributed by atoms with Gasteiger partial charge in [0.2, 0.25) is 0 Å². The molecule has 0 saturated carbocycles. The number of rotatable bonds is 10. The average Bonchev–Trinajstić information content (AvgIpc) is 3.52. The third-order valence-electron chi connectivity index (χ3n) is 12.2. The summed E-state index contributed by atoms with van der Waals surface area (Å²) in [5, 5.41) is 6.13. The van der Waals surface area contributed by atoms with Crippen molar-refractivity contribution in [1.29, 1.82) is 0 Å². The van der Waals surface area contributed by atoms with Crippen molar-refractivity contribution in [1.82, 2.24) is 0 Å². The van der Waals surface area contributed by atoms with E-state index in [0.29, 0.717) is 11.4 Å². The Morgan fingerprint density at radius 1 is 0.444 bits per heavy atom. The summed E-state index contributed by atoms with van der Waals surface area (Å²) >= 11 is 0. The number of hydrogen-bond acceptors (Lipinski definition) is 4. The van der Waals surface area contributed by atoms with Crippen molar-refractivity contribution in [3.8, 4) is 22.6 Å². The largest absolute Gasteiger partial charge is 0.483 e. The molecule has 6 heteroatoms. The van der Waals surface area contributed by atoms with Gasteiger partial charge in [0.05, 0.1) is 5.41 Å². The standard InChI is InChI=1S/C57H64N2O4/c1-53(2,3)39-25-31-49(47(33-39)55(7,8)9)62-35-51(60)58-41-27-21-37(22-28-41)57(45-19-15-13-17-43(45)44-18-14-16-20-46(44)57)38-23-29-42(30-24-38)59-52(61)36-63-50-32-26-40(54(4,5)6)34-48(50)56(10,11)12/h13-34H,35-36H2,1-12H3,(H,58,60)(H,59,61). The van der Waals surface area contributed by atoms with Crippen molar-refractivity contribution in [2.24, 2.45) is 0 Å². The van der Waals surface area contributed by atoms with Gasteiger partial charge in [-0.1, -0.05) is 180 Å². The number of carbonyl (C=O) groups is 2. The lowest BCUT2D eigenvalue weighted by Crippen LogP contribution is -2.29. The maximum absolute atomic E-state index is 13.4. The average molecular weight is 841 g/mol. The van der Waals surface area contributed by atoms with Crippen LogP contribution in [-0.2, 0) is 36.7 Å². The molecule has 7 rings (SSSR count). The Labute approximate surface area is 375 Å². The van der Waals surface area contributed by atoms with Gasteiger partial charge in [0.1, 0.15) is 11.5 Å². The molecule has 2 N–H and O–H groups in total. The Morgan fingerprint density at radius 3 is 1.13 bits per heavy atom. The minimum atomic E-state index is -0.657. The van der Waals surface area contributed by atoms with Crippen LogP contribution in [0.5, 0.6) is 11.5 Å². The van der Waals surface area contributed by atoms with Crippen molar-refractivity contribution in [2.45, 2.75) is 110 Å². The van der Waals surface area contributed by atoms with Gasteiger partial charge in [-0.3, -0.25) is 9.59 Å². The zero-order chi connectivity index (χ0) is 45.5. The first-order valence-electron chi connectivity index (χ1n) is 22.1. The molecule has 6 aromatic carbocycles. The molecule has 0 spiro atoms. The fourth-order valence-corrected chi connectivity index (χ4v) is 8.73. The second kappa shape index (κ2) is 16.9. The minimum Gasteiger partial charge on any atom is -0.483 e. The van der Waals surface area contributed by atoms with E-state index in [9.17, 15) is 9.59 Å². The van der Waals surface area contributed by atoms with E-state index < -0.39 is 5.41 Å². The van der Waals surface area contributed by atoms with Crippen molar-refractivity contribution in [2.75, 3.05) is 23.8 Å². The minimum absolute atomic E-state index is 0.00220. The number of nitrogens with one attached hydrogen (secondary N) is 2. The second-order valence-corrected chi connectivity index (χ2v) is 21.1. The van der Waals surface area contributed by atoms with E-state index >= 15 is 0 Å². The number of hydrogen-bond donors (Lipinski definition) is 2. The van der Waals surface area contributed by atoms with Crippen LogP contribution in [0.15, 0.2) is 133 Å². The predicted octanol–water partition coefficient (Wildman–Crippen LogP) is 13.3. The first kappa shape index (κ1) is 44.9. The van der Waals surface area contributed by atoms with Crippen LogP contribution in [0, 0.1) is 0 Å². The summed E-state index contributed by atoms with van der Waals surface area (Å²) in [6.45, 7) is 26.0. The van der Waals surface area contributed by atoms with E-state index in [1.54, 1.807) is 0 Å². The third-order valence-corrected chi connectivity index (χ3v) is 12.2. The monoisotopic (exact) mass is 840 g/mol. The molecule has 1 aliphatic rings. The van der Waals surface area contributed by atoms with E-state index in [4.69, 9.17) is 9.47 Å². The molecule has 2 amide bonds. The topological polar surface area (TPSA) is 76.7 Å². The highest BCUT2D eigenvalue weighted by molar-refractivity contribution is 5.93. The highest BCUT2D eigenvalue weighted by Crippen LogP contribution is 2.56. The van der Waals surface area contributed by atoms with Gasteiger partial charge in [0, 0.05) is 11.4 Å². The van der Waals surface area contributed by atoms with Crippen LogP contribution in [-0.4, -0.2) is 25.0 Å². The molecule has 0 aromatic heterocycles. The molecule has 6 nitrogen and oxygen atoms in total. The summed E-state index contributed by atoms with van der Waals surface area (Å²) < 4.78 is 12.4. The van der Waals surface area contributed by atoms with Gasteiger partial charge in [-0.2, -0.15) is 0 Å². The first-order chi connectivity index (χ1) is 29.6. The first-order valence-corrected chi connectivity index (χ1v) is 22.1. The lowest BCUT2D eigenvalue weighted by molar-refractivity contribution is -0.118. The molecule has 63 heavy (non-hydrogen) atoms. The fourth-order valence-electron chi connectivity index (χ4n) is 8.73. The van der Waals surface area contributed by atoms with Gasteiger partial charge in [0.15, 0.2) is 13.2 Å². The Balaban J connectivity index is 1.12. The predicted molar refractivity (Wildman–Crippen MR) is 260 cm³/mol. The summed E-state index contributed by atoms with van der Waals surface area (Å²) in [5.74, 6) is 0.976. The van der Waals surface area contributed by atoms with Gasteiger partial charge in [-0.25, -0.2) is 0 Å². The zero-order valence-corrected chi connectivity index (χ0v) is 39.2. The maximum atomic E-state index is 13.4. The van der Waals surface area contributed by atoms with E-state index in [1.807, 2.05) is 36.4 Å². The van der Waals surface area contributed by atoms with Crippen molar-refractivity contribution >= 4 is 23.2 Å². The van der Waals surface area contributed by atoms with Gasteiger partial charge >= 0.3 is 0 Å². The Bertz CT molecular complexity index is 2440. The molecule has 0 bridgehead atoms. The van der Waals surface area contributed by atoms with Crippen LogP contribution in [0.3, 0.4) is 0 Å². The molecule has 0 radical (unpaired) electrons. The SMILES string of the molecule is CC(C)(C)c1ccc(OCC(=O)Nc2ccc(C3(c4ccc(NC(=O)COc5ccc(C(C)(C)C)cc5C(C)(C)C)cc4)c4ccccc4-c4ccccc43)cc2)c(C(C)(C)C)c1. The molecule has 0 atom stereocenters. The maximum Gasteiger partial charge on any atom is 0.262 e. The third kappa shape index (κ3) is 9.32. The number of benzene rings is 6. The molecule has 1 aliphatic carbocycles. The number of anilines is 2. The molecule has 0 unspecified atom stereocenters.